The van der Waals surface area contributed by atoms with Gasteiger partial charge < -0.3 is 9.30 Å². The van der Waals surface area contributed by atoms with E-state index in [2.05, 4.69) is 4.98 Å². The molecule has 9 heteroatoms. The fourth-order valence-corrected chi connectivity index (χ4v) is 2.30. The second kappa shape index (κ2) is 7.46. The molecule has 2 rings (SSSR count). The van der Waals surface area contributed by atoms with E-state index in [9.17, 15) is 14.9 Å². The summed E-state index contributed by atoms with van der Waals surface area (Å²) in [7, 11) is 1.64. The molecule has 0 aliphatic heterocycles. The van der Waals surface area contributed by atoms with Crippen molar-refractivity contribution in [3.63, 3.8) is 0 Å². The highest BCUT2D eigenvalue weighted by molar-refractivity contribution is 6.32. The van der Waals surface area contributed by atoms with E-state index in [4.69, 9.17) is 27.9 Å². The fourth-order valence-electron chi connectivity index (χ4n) is 1.99. The van der Waals surface area contributed by atoms with Crippen molar-refractivity contribution in [3.8, 4) is 0 Å². The van der Waals surface area contributed by atoms with Crippen molar-refractivity contribution in [2.24, 2.45) is 7.05 Å². The van der Waals surface area contributed by atoms with Crippen molar-refractivity contribution in [1.82, 2.24) is 9.55 Å². The van der Waals surface area contributed by atoms with E-state index >= 15 is 0 Å². The van der Waals surface area contributed by atoms with Gasteiger partial charge in [-0.3, -0.25) is 10.1 Å². The first-order valence-corrected chi connectivity index (χ1v) is 7.61. The van der Waals surface area contributed by atoms with Gasteiger partial charge in [-0.1, -0.05) is 29.3 Å². The second-order valence-corrected chi connectivity index (χ2v) is 5.50. The monoisotopic (exact) mass is 369 g/mol. The third kappa shape index (κ3) is 3.74. The topological polar surface area (TPSA) is 87.3 Å². The van der Waals surface area contributed by atoms with E-state index in [1.165, 1.54) is 29.0 Å². The molecule has 0 amide bonds. The molecule has 0 atom stereocenters. The van der Waals surface area contributed by atoms with Gasteiger partial charge in [-0.15, -0.1) is 0 Å². The van der Waals surface area contributed by atoms with Crippen molar-refractivity contribution in [2.75, 3.05) is 6.61 Å². The highest BCUT2D eigenvalue weighted by Gasteiger charge is 2.20. The summed E-state index contributed by atoms with van der Waals surface area (Å²) in [5, 5.41) is 11.3. The summed E-state index contributed by atoms with van der Waals surface area (Å²) in [6, 6.07) is 4.21. The molecule has 126 valence electrons. The second-order valence-electron chi connectivity index (χ2n) is 4.71. The number of imidazole rings is 1. The lowest BCUT2D eigenvalue weighted by Gasteiger charge is -2.08. The summed E-state index contributed by atoms with van der Waals surface area (Å²) in [6.45, 7) is 1.85. The minimum absolute atomic E-state index is 0.00914. The molecular weight excluding hydrogens is 357 g/mol. The number of nitro groups is 1. The lowest BCUT2D eigenvalue weighted by Crippen LogP contribution is -2.10. The lowest BCUT2D eigenvalue weighted by molar-refractivity contribution is -0.384. The quantitative estimate of drug-likeness (QED) is 0.346. The zero-order valence-corrected chi connectivity index (χ0v) is 14.3. The summed E-state index contributed by atoms with van der Waals surface area (Å²) < 4.78 is 6.54. The first kappa shape index (κ1) is 18.0. The normalized spacial score (nSPS) is 11.4. The number of ether oxygens (including phenoxy) is 1. The predicted octanol–water partition coefficient (Wildman–Crippen LogP) is 3.74. The Balaban J connectivity index is 2.57. The molecule has 0 aliphatic carbocycles. The average Bonchev–Trinajstić information content (AvgIpc) is 2.86. The maximum Gasteiger partial charge on any atom is 0.341 e. The first-order valence-electron chi connectivity index (χ1n) is 6.85. The van der Waals surface area contributed by atoms with Crippen molar-refractivity contribution >= 4 is 46.5 Å². The summed E-state index contributed by atoms with van der Waals surface area (Å²) >= 11 is 11.8. The largest absolute Gasteiger partial charge is 0.462 e. The molecule has 1 aromatic heterocycles. The molecule has 0 unspecified atom stereocenters. The van der Waals surface area contributed by atoms with Crippen LogP contribution in [0.1, 0.15) is 18.3 Å². The lowest BCUT2D eigenvalue weighted by atomic mass is 10.1. The molecule has 1 aromatic carbocycles. The van der Waals surface area contributed by atoms with Crippen LogP contribution in [0.15, 0.2) is 24.4 Å². The molecule has 0 spiro atoms. The van der Waals surface area contributed by atoms with Gasteiger partial charge in [0.1, 0.15) is 21.6 Å². The standard InChI is InChI=1S/C15H13Cl2N3O4/c1-3-24-15(21)10(14-18-8-13(17)19(14)2)6-9-4-5-11(16)12(7-9)20(22)23/h4-8H,3H2,1-2H3/b10-6+. The van der Waals surface area contributed by atoms with Gasteiger partial charge in [0.05, 0.1) is 17.7 Å². The van der Waals surface area contributed by atoms with Gasteiger partial charge in [-0.05, 0) is 24.6 Å². The number of nitro benzene ring substituents is 1. The minimum Gasteiger partial charge on any atom is -0.462 e. The Morgan fingerprint density at radius 3 is 2.71 bits per heavy atom. The maximum absolute atomic E-state index is 12.2. The SMILES string of the molecule is CCOC(=O)/C(=C/c1ccc(Cl)c([N+](=O)[O-])c1)c1ncc(Cl)n1C. The average molecular weight is 370 g/mol. The number of hydrogen-bond acceptors (Lipinski definition) is 5. The Hall–Kier alpha value is -2.38. The van der Waals surface area contributed by atoms with Crippen molar-refractivity contribution in [3.05, 3.63) is 56.1 Å². The highest BCUT2D eigenvalue weighted by atomic mass is 35.5. The maximum atomic E-state index is 12.2. The van der Waals surface area contributed by atoms with Gasteiger partial charge in [-0.2, -0.15) is 0 Å². The molecule has 0 fully saturated rings. The smallest absolute Gasteiger partial charge is 0.341 e. The van der Waals surface area contributed by atoms with E-state index < -0.39 is 10.9 Å². The van der Waals surface area contributed by atoms with Crippen LogP contribution in [0.2, 0.25) is 10.2 Å². The van der Waals surface area contributed by atoms with Crippen LogP contribution in [-0.4, -0.2) is 27.1 Å². The van der Waals surface area contributed by atoms with E-state index in [0.717, 1.165) is 0 Å². The van der Waals surface area contributed by atoms with Gasteiger partial charge >= 0.3 is 5.97 Å². The Morgan fingerprint density at radius 1 is 1.46 bits per heavy atom. The van der Waals surface area contributed by atoms with Crippen LogP contribution in [0.4, 0.5) is 5.69 Å². The minimum atomic E-state index is -0.611. The van der Waals surface area contributed by atoms with Gasteiger partial charge in [0.2, 0.25) is 0 Å². The molecule has 0 bridgehead atoms. The number of hydrogen-bond donors (Lipinski definition) is 0. The van der Waals surface area contributed by atoms with E-state index in [1.807, 2.05) is 0 Å². The summed E-state index contributed by atoms with van der Waals surface area (Å²) in [5.41, 5.74) is 0.280. The zero-order chi connectivity index (χ0) is 17.9. The number of carbonyl (C=O) groups is 1. The van der Waals surface area contributed by atoms with Crippen LogP contribution in [0.5, 0.6) is 0 Å². The number of halogens is 2. The molecule has 0 aliphatic rings. The Morgan fingerprint density at radius 2 is 2.17 bits per heavy atom. The fraction of sp³-hybridized carbons (Fsp3) is 0.200. The molecule has 2 aromatic rings. The first-order chi connectivity index (χ1) is 11.3. The molecule has 1 heterocycles. The molecule has 0 saturated heterocycles. The number of rotatable bonds is 5. The number of esters is 1. The van der Waals surface area contributed by atoms with E-state index in [-0.39, 0.29) is 28.7 Å². The zero-order valence-electron chi connectivity index (χ0n) is 12.8. The number of nitrogens with zero attached hydrogens (tertiary/aromatic N) is 3. The Bertz CT molecular complexity index is 830. The molecule has 24 heavy (non-hydrogen) atoms. The number of aromatic nitrogens is 2. The molecule has 0 N–H and O–H groups in total. The van der Waals surface area contributed by atoms with Crippen molar-refractivity contribution in [2.45, 2.75) is 6.92 Å². The molecule has 0 saturated carbocycles. The Kier molecular flexibility index (Phi) is 5.58. The molecule has 0 radical (unpaired) electrons. The van der Waals surface area contributed by atoms with E-state index in [0.29, 0.717) is 10.7 Å². The van der Waals surface area contributed by atoms with Crippen LogP contribution >= 0.6 is 23.2 Å². The Labute approximate surface area is 147 Å². The predicted molar refractivity (Wildman–Crippen MR) is 90.8 cm³/mol. The summed E-state index contributed by atoms with van der Waals surface area (Å²) in [5.74, 6) is -0.323. The van der Waals surface area contributed by atoms with E-state index in [1.54, 1.807) is 20.0 Å². The van der Waals surface area contributed by atoms with Crippen LogP contribution < -0.4 is 0 Å². The third-order valence-electron chi connectivity index (χ3n) is 3.15. The van der Waals surface area contributed by atoms with Crippen molar-refractivity contribution in [1.29, 1.82) is 0 Å². The van der Waals surface area contributed by atoms with Crippen LogP contribution in [0, 0.1) is 10.1 Å². The van der Waals surface area contributed by atoms with Gasteiger partial charge in [0, 0.05) is 13.1 Å². The summed E-state index contributed by atoms with van der Waals surface area (Å²) in [4.78, 5) is 26.7. The molecular formula is C15H13Cl2N3O4. The van der Waals surface area contributed by atoms with Gasteiger partial charge in [-0.25, -0.2) is 9.78 Å². The van der Waals surface area contributed by atoms with Crippen molar-refractivity contribution < 1.29 is 14.5 Å². The van der Waals surface area contributed by atoms with Gasteiger partial charge in [0.15, 0.2) is 0 Å². The van der Waals surface area contributed by atoms with Crippen LogP contribution in [0.25, 0.3) is 11.6 Å². The number of carbonyl (C=O) groups excluding carboxylic acids is 1. The molecule has 7 nitrogen and oxygen atoms in total. The van der Waals surface area contributed by atoms with Crippen LogP contribution in [-0.2, 0) is 16.6 Å². The van der Waals surface area contributed by atoms with Crippen LogP contribution in [0.3, 0.4) is 0 Å². The third-order valence-corrected chi connectivity index (χ3v) is 3.82. The summed E-state index contributed by atoms with van der Waals surface area (Å²) in [6.07, 6.45) is 2.84. The highest BCUT2D eigenvalue weighted by Crippen LogP contribution is 2.28. The van der Waals surface area contributed by atoms with Gasteiger partial charge in [0.25, 0.3) is 5.69 Å². The number of benzene rings is 1.